The van der Waals surface area contributed by atoms with Gasteiger partial charge in [0.05, 0.1) is 16.7 Å². The van der Waals surface area contributed by atoms with E-state index in [9.17, 15) is 0 Å². The van der Waals surface area contributed by atoms with Gasteiger partial charge in [0.15, 0.2) is 0 Å². The molecular formula is C16H14ClNO. The maximum absolute atomic E-state index is 8.83. The molecule has 2 nitrogen and oxygen atoms in total. The molecule has 0 saturated carbocycles. The van der Waals surface area contributed by atoms with Crippen molar-refractivity contribution in [2.45, 2.75) is 20.5 Å². The summed E-state index contributed by atoms with van der Waals surface area (Å²) < 4.78 is 5.74. The molecule has 0 fully saturated rings. The molecule has 0 aromatic heterocycles. The molecule has 0 aliphatic carbocycles. The third-order valence-corrected chi connectivity index (χ3v) is 3.25. The maximum atomic E-state index is 8.83. The molecule has 96 valence electrons. The van der Waals surface area contributed by atoms with Crippen molar-refractivity contribution in [1.82, 2.24) is 0 Å². The molecule has 0 radical (unpaired) electrons. The van der Waals surface area contributed by atoms with Crippen molar-refractivity contribution in [2.24, 2.45) is 0 Å². The lowest BCUT2D eigenvalue weighted by molar-refractivity contribution is 0.305. The predicted octanol–water partition coefficient (Wildman–Crippen LogP) is 4.41. The van der Waals surface area contributed by atoms with Crippen molar-refractivity contribution < 1.29 is 4.74 Å². The maximum Gasteiger partial charge on any atom is 0.138 e. The molecule has 0 aliphatic rings. The summed E-state index contributed by atoms with van der Waals surface area (Å²) in [5, 5.41) is 9.44. The number of halogens is 1. The van der Waals surface area contributed by atoms with Crippen molar-refractivity contribution in [3.8, 4) is 11.8 Å². The Morgan fingerprint density at radius 2 is 1.95 bits per heavy atom. The van der Waals surface area contributed by atoms with Crippen LogP contribution in [0.4, 0.5) is 0 Å². The van der Waals surface area contributed by atoms with Crippen LogP contribution >= 0.6 is 11.6 Å². The van der Waals surface area contributed by atoms with Gasteiger partial charge in [-0.1, -0.05) is 23.7 Å². The Kier molecular flexibility index (Phi) is 4.09. The van der Waals surface area contributed by atoms with Crippen LogP contribution in [-0.2, 0) is 6.61 Å². The third-order valence-electron chi connectivity index (χ3n) is 2.94. The molecule has 0 N–H and O–H groups in total. The van der Waals surface area contributed by atoms with Gasteiger partial charge in [-0.3, -0.25) is 0 Å². The Morgan fingerprint density at radius 1 is 1.16 bits per heavy atom. The Morgan fingerprint density at radius 3 is 2.63 bits per heavy atom. The first-order valence-corrected chi connectivity index (χ1v) is 6.36. The summed E-state index contributed by atoms with van der Waals surface area (Å²) in [4.78, 5) is 0. The number of aryl methyl sites for hydroxylation is 2. The van der Waals surface area contributed by atoms with Crippen molar-refractivity contribution in [3.05, 3.63) is 63.7 Å². The smallest absolute Gasteiger partial charge is 0.138 e. The van der Waals surface area contributed by atoms with Crippen LogP contribution in [0.3, 0.4) is 0 Å². The van der Waals surface area contributed by atoms with Crippen molar-refractivity contribution >= 4 is 11.6 Å². The van der Waals surface area contributed by atoms with E-state index in [2.05, 4.69) is 6.07 Å². The minimum Gasteiger partial charge on any atom is -0.487 e. The molecule has 0 saturated heterocycles. The monoisotopic (exact) mass is 271 g/mol. The van der Waals surface area contributed by atoms with Crippen LogP contribution in [0, 0.1) is 25.2 Å². The SMILES string of the molecule is Cc1ccc(Cl)c(OCc2ccc(C#N)cc2C)c1. The van der Waals surface area contributed by atoms with Crippen LogP contribution in [-0.4, -0.2) is 0 Å². The zero-order valence-corrected chi connectivity index (χ0v) is 11.7. The normalized spacial score (nSPS) is 10.0. The fourth-order valence-electron chi connectivity index (χ4n) is 1.80. The summed E-state index contributed by atoms with van der Waals surface area (Å²) in [7, 11) is 0. The zero-order valence-electron chi connectivity index (χ0n) is 10.9. The van der Waals surface area contributed by atoms with Gasteiger partial charge < -0.3 is 4.74 Å². The quantitative estimate of drug-likeness (QED) is 0.828. The lowest BCUT2D eigenvalue weighted by Gasteiger charge is -2.11. The van der Waals surface area contributed by atoms with Gasteiger partial charge in [-0.15, -0.1) is 0 Å². The number of benzene rings is 2. The summed E-state index contributed by atoms with van der Waals surface area (Å²) in [6, 6.07) is 13.4. The highest BCUT2D eigenvalue weighted by Gasteiger charge is 2.04. The summed E-state index contributed by atoms with van der Waals surface area (Å²) >= 11 is 6.08. The van der Waals surface area contributed by atoms with Crippen LogP contribution in [0.2, 0.25) is 5.02 Å². The lowest BCUT2D eigenvalue weighted by atomic mass is 10.1. The average Bonchev–Trinajstić information content (AvgIpc) is 2.40. The number of nitrogens with zero attached hydrogens (tertiary/aromatic N) is 1. The standard InChI is InChI=1S/C16H14ClNO/c1-11-3-6-15(17)16(7-11)19-10-14-5-4-13(9-18)8-12(14)2/h3-8H,10H2,1-2H3. The Hall–Kier alpha value is -1.98. The number of hydrogen-bond donors (Lipinski definition) is 0. The van der Waals surface area contributed by atoms with E-state index in [1.807, 2.05) is 44.2 Å². The molecular weight excluding hydrogens is 258 g/mol. The van der Waals surface area contributed by atoms with Crippen LogP contribution < -0.4 is 4.74 Å². The first-order valence-electron chi connectivity index (χ1n) is 5.99. The Labute approximate surface area is 118 Å². The van der Waals surface area contributed by atoms with Gasteiger partial charge in [0.1, 0.15) is 12.4 Å². The molecule has 2 aromatic rings. The number of rotatable bonds is 3. The first-order chi connectivity index (χ1) is 9.10. The molecule has 0 amide bonds. The highest BCUT2D eigenvalue weighted by atomic mass is 35.5. The van der Waals surface area contributed by atoms with Gasteiger partial charge in [-0.05, 0) is 54.8 Å². The summed E-state index contributed by atoms with van der Waals surface area (Å²) in [6.07, 6.45) is 0. The van der Waals surface area contributed by atoms with Crippen LogP contribution in [0.1, 0.15) is 22.3 Å². The van der Waals surface area contributed by atoms with E-state index in [1.54, 1.807) is 6.07 Å². The summed E-state index contributed by atoms with van der Waals surface area (Å²) in [5.41, 5.74) is 3.87. The molecule has 0 atom stereocenters. The molecule has 0 unspecified atom stereocenters. The second-order valence-corrected chi connectivity index (χ2v) is 4.88. The van der Waals surface area contributed by atoms with Crippen molar-refractivity contribution in [3.63, 3.8) is 0 Å². The van der Waals surface area contributed by atoms with Crippen LogP contribution in [0.25, 0.3) is 0 Å². The minimum absolute atomic E-state index is 0.445. The van der Waals surface area contributed by atoms with Crippen molar-refractivity contribution in [1.29, 1.82) is 5.26 Å². The second kappa shape index (κ2) is 5.77. The largest absolute Gasteiger partial charge is 0.487 e. The molecule has 2 rings (SSSR count). The Balaban J connectivity index is 2.15. The van der Waals surface area contributed by atoms with Crippen LogP contribution in [0.5, 0.6) is 5.75 Å². The number of ether oxygens (including phenoxy) is 1. The average molecular weight is 272 g/mol. The molecule has 3 heteroatoms. The summed E-state index contributed by atoms with van der Waals surface area (Å²) in [5.74, 6) is 0.686. The van der Waals surface area contributed by atoms with Gasteiger partial charge in [-0.2, -0.15) is 5.26 Å². The molecule has 0 heterocycles. The van der Waals surface area contributed by atoms with Gasteiger partial charge in [0.25, 0.3) is 0 Å². The molecule has 19 heavy (non-hydrogen) atoms. The molecule has 0 aliphatic heterocycles. The van der Waals surface area contributed by atoms with Gasteiger partial charge in [0.2, 0.25) is 0 Å². The predicted molar refractivity (Wildman–Crippen MR) is 76.4 cm³/mol. The van der Waals surface area contributed by atoms with Gasteiger partial charge >= 0.3 is 0 Å². The van der Waals surface area contributed by atoms with Gasteiger partial charge in [0, 0.05) is 0 Å². The third kappa shape index (κ3) is 3.27. The summed E-state index contributed by atoms with van der Waals surface area (Å²) in [6.45, 7) is 4.41. The van der Waals surface area contributed by atoms with E-state index in [4.69, 9.17) is 21.6 Å². The van der Waals surface area contributed by atoms with E-state index in [0.717, 1.165) is 16.7 Å². The molecule has 0 bridgehead atoms. The number of hydrogen-bond acceptors (Lipinski definition) is 2. The second-order valence-electron chi connectivity index (χ2n) is 4.48. The lowest BCUT2D eigenvalue weighted by Crippen LogP contribution is -1.99. The van der Waals surface area contributed by atoms with E-state index in [0.29, 0.717) is 22.9 Å². The van der Waals surface area contributed by atoms with E-state index < -0.39 is 0 Å². The Bertz CT molecular complexity index is 644. The minimum atomic E-state index is 0.445. The first kappa shape index (κ1) is 13.5. The fourth-order valence-corrected chi connectivity index (χ4v) is 1.98. The number of nitriles is 1. The van der Waals surface area contributed by atoms with E-state index >= 15 is 0 Å². The topological polar surface area (TPSA) is 33.0 Å². The van der Waals surface area contributed by atoms with Gasteiger partial charge in [-0.25, -0.2) is 0 Å². The highest BCUT2D eigenvalue weighted by Crippen LogP contribution is 2.26. The molecule has 2 aromatic carbocycles. The zero-order chi connectivity index (χ0) is 13.8. The van der Waals surface area contributed by atoms with Crippen LogP contribution in [0.15, 0.2) is 36.4 Å². The fraction of sp³-hybridized carbons (Fsp3) is 0.188. The van der Waals surface area contributed by atoms with E-state index in [1.165, 1.54) is 0 Å². The van der Waals surface area contributed by atoms with Crippen molar-refractivity contribution in [2.75, 3.05) is 0 Å². The van der Waals surface area contributed by atoms with E-state index in [-0.39, 0.29) is 0 Å². The highest BCUT2D eigenvalue weighted by molar-refractivity contribution is 6.32. The molecule has 0 spiro atoms.